The molecule has 2 aromatic heterocycles. The van der Waals surface area contributed by atoms with E-state index in [4.69, 9.17) is 0 Å². The Morgan fingerprint density at radius 1 is 0.790 bits per heavy atom. The van der Waals surface area contributed by atoms with Gasteiger partial charge >= 0.3 is 0 Å². The molecular weight excluding hydrogens is 794 g/mol. The van der Waals surface area contributed by atoms with Gasteiger partial charge in [-0.25, -0.2) is 19.3 Å². The third-order valence-corrected chi connectivity index (χ3v) is 13.1. The van der Waals surface area contributed by atoms with Crippen molar-refractivity contribution in [3.05, 3.63) is 102 Å². The van der Waals surface area contributed by atoms with Crippen molar-refractivity contribution in [3.63, 3.8) is 0 Å². The second-order valence-corrected chi connectivity index (χ2v) is 16.8. The van der Waals surface area contributed by atoms with E-state index in [0.29, 0.717) is 36.9 Å². The van der Waals surface area contributed by atoms with Gasteiger partial charge in [0.15, 0.2) is 17.0 Å². The molecule has 1 atom stereocenters. The van der Waals surface area contributed by atoms with Crippen LogP contribution in [0.25, 0.3) is 11.2 Å². The summed E-state index contributed by atoms with van der Waals surface area (Å²) >= 11 is 0. The van der Waals surface area contributed by atoms with Gasteiger partial charge in [0.1, 0.15) is 18.2 Å². The fourth-order valence-corrected chi connectivity index (χ4v) is 9.63. The topological polar surface area (TPSA) is 178 Å². The minimum Gasteiger partial charge on any atom is -0.371 e. The number of fused-ring (bicyclic) bond motifs is 2. The first-order valence-electron chi connectivity index (χ1n) is 21.3. The number of nitrogens with zero attached hydrogens (tertiary/aromatic N) is 8. The van der Waals surface area contributed by atoms with Gasteiger partial charge in [0.05, 0.1) is 29.6 Å². The first-order chi connectivity index (χ1) is 30.2. The number of carbonyl (C=O) groups excluding carboxylic acids is 5. The van der Waals surface area contributed by atoms with E-state index in [0.717, 1.165) is 85.4 Å². The van der Waals surface area contributed by atoms with Crippen molar-refractivity contribution in [2.75, 3.05) is 54.4 Å². The Kier molecular flexibility index (Phi) is 10.3. The average molecular weight is 840 g/mol. The van der Waals surface area contributed by atoms with E-state index in [2.05, 4.69) is 57.4 Å². The molecule has 10 rings (SSSR count). The Labute approximate surface area is 356 Å². The first-order valence-corrected chi connectivity index (χ1v) is 21.3. The number of anilines is 4. The van der Waals surface area contributed by atoms with E-state index in [-0.39, 0.29) is 47.6 Å². The summed E-state index contributed by atoms with van der Waals surface area (Å²) in [7, 11) is 0. The zero-order chi connectivity index (χ0) is 42.5. The van der Waals surface area contributed by atoms with Gasteiger partial charge in [-0.2, -0.15) is 0 Å². The lowest BCUT2D eigenvalue weighted by atomic mass is 9.86. The number of piperidine rings is 2. The predicted molar refractivity (Wildman–Crippen MR) is 227 cm³/mol. The molecule has 3 saturated heterocycles. The third kappa shape index (κ3) is 7.50. The van der Waals surface area contributed by atoms with E-state index in [1.807, 2.05) is 53.7 Å². The second kappa shape index (κ2) is 16.3. The van der Waals surface area contributed by atoms with Gasteiger partial charge in [-0.1, -0.05) is 30.3 Å². The van der Waals surface area contributed by atoms with Crippen LogP contribution in [0.5, 0.6) is 0 Å². The summed E-state index contributed by atoms with van der Waals surface area (Å²) in [5, 5.41) is 8.77. The van der Waals surface area contributed by atoms with Crippen molar-refractivity contribution in [1.82, 2.24) is 40.0 Å². The van der Waals surface area contributed by atoms with Gasteiger partial charge in [0.2, 0.25) is 17.7 Å². The number of hydrogen-bond acceptors (Lipinski definition) is 12. The first kappa shape index (κ1) is 39.4. The van der Waals surface area contributed by atoms with Crippen molar-refractivity contribution in [2.45, 2.75) is 69.1 Å². The normalized spacial score (nSPS) is 22.1. The number of imide groups is 2. The van der Waals surface area contributed by atoms with Crippen molar-refractivity contribution in [3.8, 4) is 0 Å². The van der Waals surface area contributed by atoms with Gasteiger partial charge in [-0.15, -0.1) is 0 Å². The Bertz CT molecular complexity index is 2560. The van der Waals surface area contributed by atoms with Gasteiger partial charge in [-0.3, -0.25) is 39.1 Å². The molecule has 3 N–H and O–H groups in total. The fourth-order valence-electron chi connectivity index (χ4n) is 9.63. The highest BCUT2D eigenvalue weighted by atomic mass is 19.1. The second-order valence-electron chi connectivity index (χ2n) is 16.8. The number of piperazine rings is 1. The molecule has 0 bridgehead atoms. The van der Waals surface area contributed by atoms with E-state index in [1.54, 1.807) is 6.33 Å². The molecule has 3 aromatic carbocycles. The highest BCUT2D eigenvalue weighted by molar-refractivity contribution is 6.23. The Hall–Kier alpha value is -6.75. The lowest BCUT2D eigenvalue weighted by Gasteiger charge is -2.44. The van der Waals surface area contributed by atoms with Gasteiger partial charge in [0.25, 0.3) is 11.8 Å². The van der Waals surface area contributed by atoms with Crippen LogP contribution in [0.4, 0.5) is 27.3 Å². The largest absolute Gasteiger partial charge is 0.371 e. The summed E-state index contributed by atoms with van der Waals surface area (Å²) in [4.78, 5) is 84.5. The Balaban J connectivity index is 0.700. The molecule has 1 saturated carbocycles. The van der Waals surface area contributed by atoms with Crippen LogP contribution in [0.15, 0.2) is 79.4 Å². The van der Waals surface area contributed by atoms with Crippen LogP contribution in [0.2, 0.25) is 0 Å². The van der Waals surface area contributed by atoms with E-state index < -0.39 is 35.5 Å². The minimum atomic E-state index is -1.10. The number of hydrogen-bond donors (Lipinski definition) is 3. The molecule has 4 fully saturated rings. The summed E-state index contributed by atoms with van der Waals surface area (Å²) < 4.78 is 17.6. The SMILES string of the molecule is O=C1CCC(N2C(=O)c3cc(F)c(N4CCN(C5CCN(c6ccc(Nc7ncnc8c7ncn8C7CC(NC(=O)Cc8ccccc8)C7)cc6)CC5)CC4)cc3C2=O)C(=O)N1. The standard InChI is InChI=1S/C45H46FN11O5/c46-35-23-33-34(45(62)57(44(33)61)36-10-11-38(58)52-43(36)60)24-37(35)55-18-16-54(17-19-55)31-12-14-53(15-13-31)30-8-6-28(7-9-30)51-41-40-42(48-25-47-41)56(26-49-40)32-21-29(22-32)50-39(59)20-27-4-2-1-3-5-27/h1-9,23-26,29,31-32,36H,10-22H2,(H,50,59)(H,47,48,51)(H,52,58,60). The number of imidazole rings is 1. The maximum Gasteiger partial charge on any atom is 0.262 e. The molecule has 1 aliphatic carbocycles. The number of rotatable bonds is 10. The van der Waals surface area contributed by atoms with Crippen LogP contribution < -0.4 is 25.8 Å². The molecule has 16 nitrogen and oxygen atoms in total. The van der Waals surface area contributed by atoms with Crippen LogP contribution in [0, 0.1) is 5.82 Å². The lowest BCUT2D eigenvalue weighted by Crippen LogP contribution is -2.54. The van der Waals surface area contributed by atoms with E-state index >= 15 is 4.39 Å². The maximum absolute atomic E-state index is 15.5. The smallest absolute Gasteiger partial charge is 0.262 e. The van der Waals surface area contributed by atoms with Crippen LogP contribution in [-0.2, 0) is 20.8 Å². The number of halogens is 1. The van der Waals surface area contributed by atoms with Gasteiger partial charge < -0.3 is 25.0 Å². The average Bonchev–Trinajstić information content (AvgIpc) is 3.80. The molecule has 0 spiro atoms. The van der Waals surface area contributed by atoms with Crippen molar-refractivity contribution >= 4 is 63.6 Å². The zero-order valence-corrected chi connectivity index (χ0v) is 34.0. The lowest BCUT2D eigenvalue weighted by molar-refractivity contribution is -0.136. The molecule has 318 valence electrons. The summed E-state index contributed by atoms with van der Waals surface area (Å²) in [5.74, 6) is -2.42. The molecule has 6 heterocycles. The number of benzene rings is 3. The molecule has 4 aliphatic heterocycles. The summed E-state index contributed by atoms with van der Waals surface area (Å²) in [6.07, 6.45) is 7.41. The molecule has 1 unspecified atom stereocenters. The number of aromatic nitrogens is 4. The van der Waals surface area contributed by atoms with E-state index in [1.165, 1.54) is 6.07 Å². The number of amides is 5. The summed E-state index contributed by atoms with van der Waals surface area (Å²) in [6, 6.07) is 20.3. The zero-order valence-electron chi connectivity index (χ0n) is 34.0. The van der Waals surface area contributed by atoms with Crippen molar-refractivity contribution in [2.24, 2.45) is 0 Å². The highest BCUT2D eigenvalue weighted by Crippen LogP contribution is 2.36. The maximum atomic E-state index is 15.5. The number of nitrogens with one attached hydrogen (secondary N) is 3. The molecule has 5 aliphatic rings. The molecule has 17 heteroatoms. The minimum absolute atomic E-state index is 0.0190. The monoisotopic (exact) mass is 839 g/mol. The molecule has 5 aromatic rings. The van der Waals surface area contributed by atoms with E-state index in [9.17, 15) is 24.0 Å². The highest BCUT2D eigenvalue weighted by Gasteiger charge is 2.45. The molecule has 0 radical (unpaired) electrons. The predicted octanol–water partition coefficient (Wildman–Crippen LogP) is 3.96. The van der Waals surface area contributed by atoms with Gasteiger partial charge in [0, 0.05) is 75.2 Å². The summed E-state index contributed by atoms with van der Waals surface area (Å²) in [6.45, 7) is 4.41. The Morgan fingerprint density at radius 3 is 2.24 bits per heavy atom. The summed E-state index contributed by atoms with van der Waals surface area (Å²) in [5.41, 5.74) is 4.77. The van der Waals surface area contributed by atoms with Crippen molar-refractivity contribution < 1.29 is 28.4 Å². The Morgan fingerprint density at radius 2 is 1.52 bits per heavy atom. The molecule has 62 heavy (non-hydrogen) atoms. The number of carbonyl (C=O) groups is 5. The molecule has 5 amide bonds. The molecular formula is C45H46FN11O5. The van der Waals surface area contributed by atoms with Gasteiger partial charge in [-0.05, 0) is 74.1 Å². The van der Waals surface area contributed by atoms with Crippen LogP contribution in [-0.4, -0.2) is 116 Å². The van der Waals surface area contributed by atoms with Crippen molar-refractivity contribution in [1.29, 1.82) is 0 Å². The van der Waals surface area contributed by atoms with Crippen LogP contribution in [0.1, 0.15) is 70.8 Å². The van der Waals surface area contributed by atoms with Crippen LogP contribution in [0.3, 0.4) is 0 Å². The third-order valence-electron chi connectivity index (χ3n) is 13.1. The fraction of sp³-hybridized carbons (Fsp3) is 0.378. The quantitative estimate of drug-likeness (QED) is 0.173. The van der Waals surface area contributed by atoms with Crippen LogP contribution >= 0.6 is 0 Å².